The molecule has 1 aromatic heterocycles. The maximum atomic E-state index is 6.05. The van der Waals surface area contributed by atoms with E-state index in [1.807, 2.05) is 50.7 Å². The van der Waals surface area contributed by atoms with Crippen molar-refractivity contribution in [3.8, 4) is 11.5 Å². The largest absolute Gasteiger partial charge is 0.453 e. The van der Waals surface area contributed by atoms with E-state index >= 15 is 0 Å². The Morgan fingerprint density at radius 3 is 2.58 bits per heavy atom. The Kier molecular flexibility index (Phi) is 3.90. The number of para-hydroxylation sites is 1. The van der Waals surface area contributed by atoms with E-state index in [4.69, 9.17) is 10.5 Å². The molecule has 4 heteroatoms. The lowest BCUT2D eigenvalue weighted by Gasteiger charge is -2.12. The van der Waals surface area contributed by atoms with Crippen LogP contribution in [0.3, 0.4) is 0 Å². The van der Waals surface area contributed by atoms with E-state index in [-0.39, 0.29) is 6.04 Å². The third-order valence-corrected chi connectivity index (χ3v) is 3.17. The molecule has 19 heavy (non-hydrogen) atoms. The molecule has 1 heterocycles. The minimum absolute atomic E-state index is 0.112. The zero-order valence-corrected chi connectivity index (χ0v) is 12.0. The second kappa shape index (κ2) is 5.45. The van der Waals surface area contributed by atoms with Gasteiger partial charge < -0.3 is 10.5 Å². The lowest BCUT2D eigenvalue weighted by molar-refractivity contribution is 0.466. The Balaban J connectivity index is 2.33. The highest BCUT2D eigenvalue weighted by Crippen LogP contribution is 2.30. The maximum absolute atomic E-state index is 6.05. The number of aromatic nitrogens is 2. The number of benzene rings is 1. The molecule has 2 aromatic rings. The Morgan fingerprint density at radius 2 is 2.00 bits per heavy atom. The van der Waals surface area contributed by atoms with Crippen LogP contribution in [-0.2, 0) is 13.5 Å². The molecule has 0 aliphatic heterocycles. The number of hydrogen-bond acceptors (Lipinski definition) is 3. The van der Waals surface area contributed by atoms with Crippen LogP contribution >= 0.6 is 0 Å². The summed E-state index contributed by atoms with van der Waals surface area (Å²) < 4.78 is 7.89. The van der Waals surface area contributed by atoms with Crippen molar-refractivity contribution in [2.45, 2.75) is 33.2 Å². The smallest absolute Gasteiger partial charge is 0.171 e. The van der Waals surface area contributed by atoms with Crippen molar-refractivity contribution >= 4 is 0 Å². The van der Waals surface area contributed by atoms with Crippen molar-refractivity contribution in [3.05, 3.63) is 41.2 Å². The second-order valence-corrected chi connectivity index (χ2v) is 5.01. The number of aryl methyl sites for hydroxylation is 2. The van der Waals surface area contributed by atoms with E-state index in [2.05, 4.69) is 11.2 Å². The maximum Gasteiger partial charge on any atom is 0.171 e. The molecule has 0 bridgehead atoms. The molecular formula is C15H21N3O. The Labute approximate surface area is 114 Å². The van der Waals surface area contributed by atoms with Crippen LogP contribution < -0.4 is 10.5 Å². The summed E-state index contributed by atoms with van der Waals surface area (Å²) in [5.74, 6) is 1.69. The number of hydrogen-bond donors (Lipinski definition) is 1. The molecule has 1 atom stereocenters. The average molecular weight is 259 g/mol. The highest BCUT2D eigenvalue weighted by atomic mass is 16.5. The van der Waals surface area contributed by atoms with E-state index < -0.39 is 0 Å². The normalized spacial score (nSPS) is 12.5. The fraction of sp³-hybridized carbons (Fsp3) is 0.400. The molecule has 4 nitrogen and oxygen atoms in total. The van der Waals surface area contributed by atoms with Gasteiger partial charge >= 0.3 is 0 Å². The first-order chi connectivity index (χ1) is 8.99. The van der Waals surface area contributed by atoms with Gasteiger partial charge in [-0.25, -0.2) is 0 Å². The van der Waals surface area contributed by atoms with Crippen LogP contribution in [0.15, 0.2) is 24.3 Å². The molecular weight excluding hydrogens is 238 g/mol. The molecule has 2 N–H and O–H groups in total. The van der Waals surface area contributed by atoms with Crippen LogP contribution in [0, 0.1) is 13.8 Å². The average Bonchev–Trinajstić information content (AvgIpc) is 2.57. The number of nitrogens with zero attached hydrogens (tertiary/aromatic N) is 2. The first-order valence-electron chi connectivity index (χ1n) is 6.50. The van der Waals surface area contributed by atoms with Gasteiger partial charge in [-0.3, -0.25) is 4.68 Å². The molecule has 0 aliphatic rings. The molecule has 0 aliphatic carbocycles. The van der Waals surface area contributed by atoms with Gasteiger partial charge in [0.05, 0.1) is 5.69 Å². The molecule has 2 rings (SSSR count). The fourth-order valence-corrected chi connectivity index (χ4v) is 2.13. The van der Waals surface area contributed by atoms with Gasteiger partial charge in [-0.2, -0.15) is 5.10 Å². The molecule has 1 aromatic carbocycles. The summed E-state index contributed by atoms with van der Waals surface area (Å²) in [6, 6.07) is 8.12. The van der Waals surface area contributed by atoms with Gasteiger partial charge in [-0.05, 0) is 38.8 Å². The van der Waals surface area contributed by atoms with Crippen molar-refractivity contribution in [3.63, 3.8) is 0 Å². The molecule has 0 saturated heterocycles. The standard InChI is InChI=1S/C15H21N3O/c1-10(16)9-13-7-5-6-8-14(13)19-15-11(2)17-18(4)12(15)3/h5-8,10H,9,16H2,1-4H3. The molecule has 1 unspecified atom stereocenters. The van der Waals surface area contributed by atoms with Crippen molar-refractivity contribution in [1.82, 2.24) is 9.78 Å². The van der Waals surface area contributed by atoms with Crippen molar-refractivity contribution in [2.24, 2.45) is 12.8 Å². The van der Waals surface area contributed by atoms with Gasteiger partial charge in [0, 0.05) is 13.1 Å². The van der Waals surface area contributed by atoms with Crippen molar-refractivity contribution < 1.29 is 4.74 Å². The van der Waals surface area contributed by atoms with Gasteiger partial charge in [0.25, 0.3) is 0 Å². The van der Waals surface area contributed by atoms with E-state index in [0.717, 1.165) is 34.9 Å². The molecule has 0 radical (unpaired) electrons. The molecule has 0 fully saturated rings. The van der Waals surface area contributed by atoms with Gasteiger partial charge in [0.15, 0.2) is 5.75 Å². The topological polar surface area (TPSA) is 53.1 Å². The summed E-state index contributed by atoms with van der Waals surface area (Å²) in [5, 5.41) is 4.36. The fourth-order valence-electron chi connectivity index (χ4n) is 2.13. The molecule has 0 saturated carbocycles. The number of ether oxygens (including phenoxy) is 1. The van der Waals surface area contributed by atoms with E-state index in [0.29, 0.717) is 0 Å². The third kappa shape index (κ3) is 2.96. The van der Waals surface area contributed by atoms with E-state index in [1.54, 1.807) is 0 Å². The Hall–Kier alpha value is -1.81. The predicted molar refractivity (Wildman–Crippen MR) is 76.6 cm³/mol. The predicted octanol–water partition coefficient (Wildman–Crippen LogP) is 2.72. The van der Waals surface area contributed by atoms with Crippen molar-refractivity contribution in [2.75, 3.05) is 0 Å². The lowest BCUT2D eigenvalue weighted by atomic mass is 10.1. The Morgan fingerprint density at radius 1 is 1.32 bits per heavy atom. The SMILES string of the molecule is Cc1nn(C)c(C)c1Oc1ccccc1CC(C)N. The summed E-state index contributed by atoms with van der Waals surface area (Å²) in [6.45, 7) is 5.96. The number of rotatable bonds is 4. The first kappa shape index (κ1) is 13.6. The zero-order chi connectivity index (χ0) is 14.0. The molecule has 102 valence electrons. The highest BCUT2D eigenvalue weighted by Gasteiger charge is 2.14. The summed E-state index contributed by atoms with van der Waals surface area (Å²) >= 11 is 0. The van der Waals surface area contributed by atoms with Crippen LogP contribution in [0.5, 0.6) is 11.5 Å². The second-order valence-electron chi connectivity index (χ2n) is 5.01. The highest BCUT2D eigenvalue weighted by molar-refractivity contribution is 5.41. The van der Waals surface area contributed by atoms with Crippen LogP contribution in [0.25, 0.3) is 0 Å². The third-order valence-electron chi connectivity index (χ3n) is 3.17. The summed E-state index contributed by atoms with van der Waals surface area (Å²) in [7, 11) is 1.92. The minimum atomic E-state index is 0.112. The van der Waals surface area contributed by atoms with E-state index in [1.165, 1.54) is 0 Å². The monoisotopic (exact) mass is 259 g/mol. The van der Waals surface area contributed by atoms with Gasteiger partial charge in [-0.1, -0.05) is 18.2 Å². The van der Waals surface area contributed by atoms with E-state index in [9.17, 15) is 0 Å². The van der Waals surface area contributed by atoms with Gasteiger partial charge in [0.1, 0.15) is 11.4 Å². The Bertz CT molecular complexity index is 573. The number of nitrogens with two attached hydrogens (primary N) is 1. The minimum Gasteiger partial charge on any atom is -0.453 e. The first-order valence-corrected chi connectivity index (χ1v) is 6.50. The summed E-state index contributed by atoms with van der Waals surface area (Å²) in [5.41, 5.74) is 8.92. The van der Waals surface area contributed by atoms with Gasteiger partial charge in [-0.15, -0.1) is 0 Å². The van der Waals surface area contributed by atoms with Crippen LogP contribution in [-0.4, -0.2) is 15.8 Å². The summed E-state index contributed by atoms with van der Waals surface area (Å²) in [6.07, 6.45) is 0.800. The lowest BCUT2D eigenvalue weighted by Crippen LogP contribution is -2.18. The van der Waals surface area contributed by atoms with Crippen LogP contribution in [0.2, 0.25) is 0 Å². The summed E-state index contributed by atoms with van der Waals surface area (Å²) in [4.78, 5) is 0. The van der Waals surface area contributed by atoms with Crippen molar-refractivity contribution in [1.29, 1.82) is 0 Å². The quantitative estimate of drug-likeness (QED) is 0.918. The van der Waals surface area contributed by atoms with Crippen LogP contribution in [0.1, 0.15) is 23.9 Å². The molecule has 0 amide bonds. The molecule has 0 spiro atoms. The van der Waals surface area contributed by atoms with Gasteiger partial charge in [0.2, 0.25) is 0 Å². The van der Waals surface area contributed by atoms with Crippen LogP contribution in [0.4, 0.5) is 0 Å². The zero-order valence-electron chi connectivity index (χ0n) is 12.0.